The van der Waals surface area contributed by atoms with Crippen molar-refractivity contribution in [1.29, 1.82) is 0 Å². The molecule has 8 heteroatoms. The minimum atomic E-state index is -0.465. The molecule has 1 aromatic carbocycles. The van der Waals surface area contributed by atoms with Crippen LogP contribution in [0.5, 0.6) is 5.75 Å². The molecule has 0 bridgehead atoms. The highest BCUT2D eigenvalue weighted by atomic mass is 16.5. The Hall–Kier alpha value is -2.90. The van der Waals surface area contributed by atoms with Gasteiger partial charge in [0, 0.05) is 5.70 Å². The normalized spacial score (nSPS) is 16.3. The zero-order chi connectivity index (χ0) is 18.7. The van der Waals surface area contributed by atoms with Gasteiger partial charge >= 0.3 is 5.97 Å². The van der Waals surface area contributed by atoms with Gasteiger partial charge in [-0.05, 0) is 55.3 Å². The van der Waals surface area contributed by atoms with Crippen LogP contribution in [0.4, 0.5) is 5.95 Å². The summed E-state index contributed by atoms with van der Waals surface area (Å²) in [7, 11) is 0. The average Bonchev–Trinajstić information content (AvgIpc) is 3.06. The molecular formula is C18H23N5O3. The number of nitrogens with one attached hydrogen (secondary N) is 1. The molecule has 26 heavy (non-hydrogen) atoms. The number of tetrazole rings is 1. The Morgan fingerprint density at radius 3 is 2.69 bits per heavy atom. The molecule has 0 fully saturated rings. The number of fused-ring (bicyclic) bond motifs is 1. The maximum absolute atomic E-state index is 12.7. The van der Waals surface area contributed by atoms with Crippen molar-refractivity contribution in [3.63, 3.8) is 0 Å². The van der Waals surface area contributed by atoms with Crippen molar-refractivity contribution in [3.8, 4) is 5.75 Å². The van der Waals surface area contributed by atoms with E-state index >= 15 is 0 Å². The molecular weight excluding hydrogens is 334 g/mol. The van der Waals surface area contributed by atoms with Crippen LogP contribution in [-0.2, 0) is 9.53 Å². The average molecular weight is 357 g/mol. The third kappa shape index (κ3) is 3.54. The lowest BCUT2D eigenvalue weighted by molar-refractivity contribution is -0.143. The van der Waals surface area contributed by atoms with Crippen molar-refractivity contribution in [2.45, 2.75) is 46.3 Å². The van der Waals surface area contributed by atoms with E-state index < -0.39 is 6.04 Å². The molecule has 3 rings (SSSR count). The van der Waals surface area contributed by atoms with Crippen molar-refractivity contribution in [2.24, 2.45) is 0 Å². The highest BCUT2D eigenvalue weighted by Gasteiger charge is 2.35. The van der Waals surface area contributed by atoms with Crippen molar-refractivity contribution < 1.29 is 14.3 Å². The lowest BCUT2D eigenvalue weighted by Gasteiger charge is -2.28. The van der Waals surface area contributed by atoms with E-state index in [9.17, 15) is 4.79 Å². The Morgan fingerprint density at radius 1 is 1.31 bits per heavy atom. The van der Waals surface area contributed by atoms with Crippen LogP contribution in [-0.4, -0.2) is 38.9 Å². The number of rotatable bonds is 6. The summed E-state index contributed by atoms with van der Waals surface area (Å²) >= 11 is 0. The summed E-state index contributed by atoms with van der Waals surface area (Å²) < 4.78 is 12.7. The Labute approximate surface area is 152 Å². The smallest absolute Gasteiger partial charge is 0.338 e. The molecule has 1 aliphatic rings. The second-order valence-corrected chi connectivity index (χ2v) is 6.38. The van der Waals surface area contributed by atoms with Crippen molar-refractivity contribution in [2.75, 3.05) is 11.9 Å². The molecule has 2 heterocycles. The third-order valence-electron chi connectivity index (χ3n) is 3.95. The minimum absolute atomic E-state index is 0.219. The van der Waals surface area contributed by atoms with Crippen LogP contribution >= 0.6 is 0 Å². The van der Waals surface area contributed by atoms with Crippen molar-refractivity contribution >= 4 is 11.9 Å². The van der Waals surface area contributed by atoms with Gasteiger partial charge in [0.2, 0.25) is 5.95 Å². The number of carbonyl (C=O) groups excluding carboxylic acids is 1. The van der Waals surface area contributed by atoms with E-state index in [-0.39, 0.29) is 12.1 Å². The summed E-state index contributed by atoms with van der Waals surface area (Å²) in [5, 5.41) is 14.8. The van der Waals surface area contributed by atoms with Crippen LogP contribution in [0.3, 0.4) is 0 Å². The first-order valence-electron chi connectivity index (χ1n) is 8.70. The fourth-order valence-electron chi connectivity index (χ4n) is 2.83. The summed E-state index contributed by atoms with van der Waals surface area (Å²) in [6.45, 7) is 8.18. The molecule has 0 saturated heterocycles. The maximum Gasteiger partial charge on any atom is 0.338 e. The number of nitrogens with zero attached hydrogens (tertiary/aromatic N) is 4. The molecule has 2 aromatic rings. The van der Waals surface area contributed by atoms with Gasteiger partial charge in [0.05, 0.1) is 18.3 Å². The monoisotopic (exact) mass is 357 g/mol. The van der Waals surface area contributed by atoms with Gasteiger partial charge < -0.3 is 14.8 Å². The number of anilines is 1. The Balaban J connectivity index is 1.99. The molecule has 8 nitrogen and oxygen atoms in total. The summed E-state index contributed by atoms with van der Waals surface area (Å²) in [5.74, 6) is 0.885. The Bertz CT molecular complexity index is 810. The number of hydrogen-bond acceptors (Lipinski definition) is 7. The van der Waals surface area contributed by atoms with Crippen LogP contribution in [0, 0.1) is 0 Å². The van der Waals surface area contributed by atoms with Gasteiger partial charge in [-0.2, -0.15) is 4.68 Å². The number of esters is 1. The van der Waals surface area contributed by atoms with Gasteiger partial charge in [0.25, 0.3) is 0 Å². The van der Waals surface area contributed by atoms with E-state index in [1.54, 1.807) is 4.68 Å². The van der Waals surface area contributed by atoms with E-state index in [0.717, 1.165) is 17.7 Å². The van der Waals surface area contributed by atoms with E-state index in [2.05, 4.69) is 27.8 Å². The van der Waals surface area contributed by atoms with Gasteiger partial charge in [-0.3, -0.25) is 0 Å². The lowest BCUT2D eigenvalue weighted by atomic mass is 9.95. The SMILES string of the molecule is CCCOc1ccc(C2C(C(=O)OC(C)C)=C(C)Nc3nnnn32)cc1. The zero-order valence-corrected chi connectivity index (χ0v) is 15.4. The minimum Gasteiger partial charge on any atom is -0.494 e. The number of aromatic nitrogens is 4. The maximum atomic E-state index is 12.7. The Kier molecular flexibility index (Phi) is 5.20. The van der Waals surface area contributed by atoms with E-state index in [0.29, 0.717) is 23.8 Å². The third-order valence-corrected chi connectivity index (χ3v) is 3.95. The molecule has 0 saturated carbocycles. The zero-order valence-electron chi connectivity index (χ0n) is 15.4. The number of allylic oxidation sites excluding steroid dienone is 1. The number of hydrogen-bond donors (Lipinski definition) is 1. The largest absolute Gasteiger partial charge is 0.494 e. The topological polar surface area (TPSA) is 91.2 Å². The second kappa shape index (κ2) is 7.55. The van der Waals surface area contributed by atoms with Gasteiger partial charge in [-0.25, -0.2) is 4.79 Å². The molecule has 138 valence electrons. The van der Waals surface area contributed by atoms with Crippen LogP contribution in [0.2, 0.25) is 0 Å². The second-order valence-electron chi connectivity index (χ2n) is 6.38. The molecule has 1 aromatic heterocycles. The molecule has 1 N–H and O–H groups in total. The van der Waals surface area contributed by atoms with Gasteiger partial charge in [0.15, 0.2) is 0 Å². The molecule has 1 atom stereocenters. The molecule has 0 aliphatic carbocycles. The lowest BCUT2D eigenvalue weighted by Crippen LogP contribution is -2.30. The fraction of sp³-hybridized carbons (Fsp3) is 0.444. The van der Waals surface area contributed by atoms with Gasteiger partial charge in [-0.1, -0.05) is 24.2 Å². The first kappa shape index (κ1) is 17.9. The van der Waals surface area contributed by atoms with Crippen molar-refractivity contribution in [1.82, 2.24) is 20.2 Å². The van der Waals surface area contributed by atoms with Crippen LogP contribution < -0.4 is 10.1 Å². The number of carbonyl (C=O) groups is 1. The van der Waals surface area contributed by atoms with Crippen LogP contribution in [0.15, 0.2) is 35.5 Å². The van der Waals surface area contributed by atoms with E-state index in [1.807, 2.05) is 45.0 Å². The predicted molar refractivity (Wildman–Crippen MR) is 95.7 cm³/mol. The summed E-state index contributed by atoms with van der Waals surface area (Å²) in [6.07, 6.45) is 0.723. The summed E-state index contributed by atoms with van der Waals surface area (Å²) in [4.78, 5) is 12.7. The molecule has 0 spiro atoms. The van der Waals surface area contributed by atoms with Crippen LogP contribution in [0.1, 0.15) is 45.7 Å². The predicted octanol–water partition coefficient (Wildman–Crippen LogP) is 2.70. The number of ether oxygens (including phenoxy) is 2. The first-order valence-corrected chi connectivity index (χ1v) is 8.70. The van der Waals surface area contributed by atoms with Gasteiger partial charge in [-0.15, -0.1) is 0 Å². The summed E-state index contributed by atoms with van der Waals surface area (Å²) in [5.41, 5.74) is 2.04. The highest BCUT2D eigenvalue weighted by molar-refractivity contribution is 5.92. The standard InChI is InChI=1S/C18H23N5O3/c1-5-10-25-14-8-6-13(7-9-14)16-15(17(24)26-11(2)3)12(4)19-18-20-21-22-23(16)18/h6-9,11,16H,5,10H2,1-4H3,(H,19,20,22). The number of benzene rings is 1. The fourth-order valence-corrected chi connectivity index (χ4v) is 2.83. The Morgan fingerprint density at radius 2 is 2.04 bits per heavy atom. The molecule has 1 unspecified atom stereocenters. The molecule has 1 aliphatic heterocycles. The molecule has 0 radical (unpaired) electrons. The van der Waals surface area contributed by atoms with Gasteiger partial charge in [0.1, 0.15) is 11.8 Å². The molecule has 0 amide bonds. The first-order chi connectivity index (χ1) is 12.5. The summed E-state index contributed by atoms with van der Waals surface area (Å²) in [6, 6.07) is 7.15. The van der Waals surface area contributed by atoms with E-state index in [4.69, 9.17) is 9.47 Å². The highest BCUT2D eigenvalue weighted by Crippen LogP contribution is 2.35. The quantitative estimate of drug-likeness (QED) is 0.795. The van der Waals surface area contributed by atoms with Crippen LogP contribution in [0.25, 0.3) is 0 Å². The van der Waals surface area contributed by atoms with E-state index in [1.165, 1.54) is 0 Å². The van der Waals surface area contributed by atoms with Crippen molar-refractivity contribution in [3.05, 3.63) is 41.1 Å².